The van der Waals surface area contributed by atoms with Gasteiger partial charge in [-0.3, -0.25) is 4.79 Å². The molecule has 0 aromatic heterocycles. The zero-order valence-corrected chi connectivity index (χ0v) is 6.90. The number of benzene rings is 1. The maximum Gasteiger partial charge on any atom is 0.272 e. The normalized spacial score (nSPS) is 9.69. The lowest BCUT2D eigenvalue weighted by Gasteiger charge is -2.14. The molecule has 70 valence electrons. The number of nitrogens with two attached hydrogens (primary N) is 2. The number of nitrogens with zero attached hydrogens (tertiary/aromatic N) is 1. The Kier molecular flexibility index (Phi) is 2.81. The minimum atomic E-state index is -1.11. The van der Waals surface area contributed by atoms with Crippen LogP contribution in [0.5, 0.6) is 0 Å². The number of halogens is 1. The van der Waals surface area contributed by atoms with Crippen LogP contribution in [-0.2, 0) is 4.79 Å². The maximum atomic E-state index is 11.9. The Bertz CT molecular complexity index is 299. The molecule has 0 atom stereocenters. The average molecular weight is 183 g/mol. The predicted molar refractivity (Wildman–Crippen MR) is 48.5 cm³/mol. The fourth-order valence-corrected chi connectivity index (χ4v) is 0.843. The van der Waals surface area contributed by atoms with Crippen molar-refractivity contribution >= 4 is 17.3 Å². The summed E-state index contributed by atoms with van der Waals surface area (Å²) in [7, 11) is 0. The van der Waals surface area contributed by atoms with Gasteiger partial charge >= 0.3 is 0 Å². The molecule has 4 nitrogen and oxygen atoms in total. The first-order valence-corrected chi connectivity index (χ1v) is 3.64. The van der Waals surface area contributed by atoms with E-state index in [2.05, 4.69) is 0 Å². The molecule has 1 amide bonds. The van der Waals surface area contributed by atoms with Crippen LogP contribution in [0.4, 0.5) is 15.8 Å². The van der Waals surface area contributed by atoms with Crippen molar-refractivity contribution in [3.63, 3.8) is 0 Å². The average Bonchev–Trinajstić information content (AvgIpc) is 2.17. The zero-order chi connectivity index (χ0) is 9.84. The molecule has 0 saturated heterocycles. The van der Waals surface area contributed by atoms with Crippen molar-refractivity contribution in [1.82, 2.24) is 0 Å². The van der Waals surface area contributed by atoms with Gasteiger partial charge in [0.1, 0.15) is 0 Å². The first-order chi connectivity index (χ1) is 6.15. The third-order valence-electron chi connectivity index (χ3n) is 1.55. The number of nitrogen functional groups attached to an aromatic ring is 1. The van der Waals surface area contributed by atoms with E-state index in [0.29, 0.717) is 11.4 Å². The molecule has 0 aliphatic carbocycles. The molecule has 0 unspecified atom stereocenters. The lowest BCUT2D eigenvalue weighted by Crippen LogP contribution is -2.38. The van der Waals surface area contributed by atoms with E-state index in [9.17, 15) is 9.18 Å². The van der Waals surface area contributed by atoms with Crippen molar-refractivity contribution in [1.29, 1.82) is 0 Å². The van der Waals surface area contributed by atoms with Gasteiger partial charge in [-0.2, -0.15) is 0 Å². The Morgan fingerprint density at radius 2 is 1.92 bits per heavy atom. The number of hydrazine groups is 1. The Labute approximate surface area is 74.9 Å². The van der Waals surface area contributed by atoms with Crippen LogP contribution in [0.25, 0.3) is 0 Å². The molecule has 0 aliphatic heterocycles. The molecule has 0 saturated carbocycles. The number of hydrogen-bond acceptors (Lipinski definition) is 3. The van der Waals surface area contributed by atoms with Gasteiger partial charge in [0.15, 0.2) is 6.67 Å². The largest absolute Gasteiger partial charge is 0.399 e. The van der Waals surface area contributed by atoms with Gasteiger partial charge in [-0.15, -0.1) is 0 Å². The van der Waals surface area contributed by atoms with Crippen molar-refractivity contribution < 1.29 is 9.18 Å². The van der Waals surface area contributed by atoms with E-state index >= 15 is 0 Å². The van der Waals surface area contributed by atoms with E-state index in [4.69, 9.17) is 11.6 Å². The quantitative estimate of drug-likeness (QED) is 0.302. The Balaban J connectivity index is 2.83. The topological polar surface area (TPSA) is 72.3 Å². The summed E-state index contributed by atoms with van der Waals surface area (Å²) in [5.74, 6) is 4.51. The molecule has 4 N–H and O–H groups in total. The summed E-state index contributed by atoms with van der Waals surface area (Å²) < 4.78 is 11.9. The summed E-state index contributed by atoms with van der Waals surface area (Å²) in [6.45, 7) is -1.11. The van der Waals surface area contributed by atoms with Gasteiger partial charge in [-0.1, -0.05) is 0 Å². The van der Waals surface area contributed by atoms with E-state index in [-0.39, 0.29) is 0 Å². The molecular weight excluding hydrogens is 173 g/mol. The van der Waals surface area contributed by atoms with E-state index in [1.807, 2.05) is 0 Å². The Hall–Kier alpha value is -1.62. The number of rotatable bonds is 2. The summed E-state index contributed by atoms with van der Waals surface area (Å²) >= 11 is 0. The minimum Gasteiger partial charge on any atom is -0.399 e. The Morgan fingerprint density at radius 3 is 2.38 bits per heavy atom. The van der Waals surface area contributed by atoms with Gasteiger partial charge in [0, 0.05) is 5.69 Å². The van der Waals surface area contributed by atoms with Crippen LogP contribution in [0.2, 0.25) is 0 Å². The highest BCUT2D eigenvalue weighted by Crippen LogP contribution is 2.13. The number of amides is 1. The molecule has 0 heterocycles. The number of carbonyl (C=O) groups is 1. The van der Waals surface area contributed by atoms with Gasteiger partial charge in [0.2, 0.25) is 0 Å². The monoisotopic (exact) mass is 183 g/mol. The third-order valence-corrected chi connectivity index (χ3v) is 1.55. The highest BCUT2D eigenvalue weighted by Gasteiger charge is 2.09. The molecule has 1 aromatic rings. The first kappa shape index (κ1) is 9.47. The van der Waals surface area contributed by atoms with Crippen molar-refractivity contribution in [2.45, 2.75) is 0 Å². The van der Waals surface area contributed by atoms with Crippen LogP contribution >= 0.6 is 0 Å². The lowest BCUT2D eigenvalue weighted by molar-refractivity contribution is -0.119. The molecule has 5 heteroatoms. The van der Waals surface area contributed by atoms with Crippen molar-refractivity contribution in [2.75, 3.05) is 17.4 Å². The molecule has 0 radical (unpaired) electrons. The number of alkyl halides is 1. The molecule has 0 aliphatic rings. The standard InChI is InChI=1S/C8H10FN3O/c9-5-8(13)12(11)7-3-1-6(10)2-4-7/h1-4H,5,10-11H2. The van der Waals surface area contributed by atoms with Crippen LogP contribution in [0, 0.1) is 0 Å². The highest BCUT2D eigenvalue weighted by molar-refractivity contribution is 5.93. The van der Waals surface area contributed by atoms with E-state index in [1.54, 1.807) is 24.3 Å². The van der Waals surface area contributed by atoms with Crippen LogP contribution in [0.1, 0.15) is 0 Å². The molecule has 0 spiro atoms. The first-order valence-electron chi connectivity index (χ1n) is 3.64. The summed E-state index contributed by atoms with van der Waals surface area (Å²) in [5.41, 5.74) is 6.39. The summed E-state index contributed by atoms with van der Waals surface area (Å²) in [6.07, 6.45) is 0. The number of hydrogen-bond donors (Lipinski definition) is 2. The number of carbonyl (C=O) groups excluding carboxylic acids is 1. The molecule has 13 heavy (non-hydrogen) atoms. The molecule has 1 rings (SSSR count). The summed E-state index contributed by atoms with van der Waals surface area (Å²) in [6, 6.07) is 6.26. The second kappa shape index (κ2) is 3.86. The molecular formula is C8H10FN3O. The SMILES string of the molecule is Nc1ccc(N(N)C(=O)CF)cc1. The van der Waals surface area contributed by atoms with Crippen LogP contribution in [-0.4, -0.2) is 12.6 Å². The maximum absolute atomic E-state index is 11.9. The van der Waals surface area contributed by atoms with E-state index in [0.717, 1.165) is 5.01 Å². The second-order valence-corrected chi connectivity index (χ2v) is 2.49. The van der Waals surface area contributed by atoms with E-state index < -0.39 is 12.6 Å². The summed E-state index contributed by atoms with van der Waals surface area (Å²) in [4.78, 5) is 10.8. The van der Waals surface area contributed by atoms with Gasteiger partial charge in [0.05, 0.1) is 5.69 Å². The van der Waals surface area contributed by atoms with Crippen LogP contribution < -0.4 is 16.6 Å². The van der Waals surface area contributed by atoms with Gasteiger partial charge in [-0.25, -0.2) is 15.2 Å². The van der Waals surface area contributed by atoms with Gasteiger partial charge in [-0.05, 0) is 24.3 Å². The fourth-order valence-electron chi connectivity index (χ4n) is 0.843. The van der Waals surface area contributed by atoms with Crippen molar-refractivity contribution in [2.24, 2.45) is 5.84 Å². The molecule has 1 aromatic carbocycles. The number of anilines is 2. The minimum absolute atomic E-state index is 0.414. The highest BCUT2D eigenvalue weighted by atomic mass is 19.1. The smallest absolute Gasteiger partial charge is 0.272 e. The molecule has 0 fully saturated rings. The summed E-state index contributed by atoms with van der Waals surface area (Å²) in [5, 5.41) is 0.749. The lowest BCUT2D eigenvalue weighted by atomic mass is 10.3. The second-order valence-electron chi connectivity index (χ2n) is 2.49. The third kappa shape index (κ3) is 2.16. The fraction of sp³-hybridized carbons (Fsp3) is 0.125. The predicted octanol–water partition coefficient (Wildman–Crippen LogP) is 0.445. The Morgan fingerprint density at radius 1 is 1.38 bits per heavy atom. The van der Waals surface area contributed by atoms with Gasteiger partial charge in [0.25, 0.3) is 5.91 Å². The van der Waals surface area contributed by atoms with E-state index in [1.165, 1.54) is 0 Å². The van der Waals surface area contributed by atoms with Crippen molar-refractivity contribution in [3.8, 4) is 0 Å². The molecule has 0 bridgehead atoms. The van der Waals surface area contributed by atoms with Gasteiger partial charge < -0.3 is 5.73 Å². The van der Waals surface area contributed by atoms with Crippen molar-refractivity contribution in [3.05, 3.63) is 24.3 Å². The van der Waals surface area contributed by atoms with Crippen LogP contribution in [0.15, 0.2) is 24.3 Å². The zero-order valence-electron chi connectivity index (χ0n) is 6.90. The van der Waals surface area contributed by atoms with Crippen LogP contribution in [0.3, 0.4) is 0 Å².